The molecular formula is C27H26N6O3S. The first kappa shape index (κ1) is 23.5. The number of aliphatic hydroxyl groups is 1. The Morgan fingerprint density at radius 1 is 1.19 bits per heavy atom. The third kappa shape index (κ3) is 4.43. The number of nitrogens with zero attached hydrogens (tertiary/aromatic N) is 4. The molecule has 10 heteroatoms. The number of fused-ring (bicyclic) bond motifs is 2. The number of thiophene rings is 1. The molecular weight excluding hydrogens is 488 g/mol. The van der Waals surface area contributed by atoms with Crippen LogP contribution in [0.3, 0.4) is 0 Å². The van der Waals surface area contributed by atoms with Crippen LogP contribution >= 0.6 is 11.3 Å². The molecule has 1 aliphatic rings. The lowest BCUT2D eigenvalue weighted by Gasteiger charge is -2.28. The first-order valence-electron chi connectivity index (χ1n) is 12.2. The maximum atomic E-state index is 12.5. The van der Waals surface area contributed by atoms with Crippen LogP contribution in [-0.2, 0) is 4.74 Å². The Morgan fingerprint density at radius 2 is 2.05 bits per heavy atom. The number of aromatic nitrogens is 4. The first-order valence-corrected chi connectivity index (χ1v) is 13.0. The molecule has 5 aromatic rings. The van der Waals surface area contributed by atoms with Gasteiger partial charge in [-0.3, -0.25) is 4.79 Å². The third-order valence-electron chi connectivity index (χ3n) is 6.50. The predicted octanol–water partition coefficient (Wildman–Crippen LogP) is 3.77. The van der Waals surface area contributed by atoms with Gasteiger partial charge >= 0.3 is 0 Å². The largest absolute Gasteiger partial charge is 0.395 e. The molecule has 0 radical (unpaired) electrons. The lowest BCUT2D eigenvalue weighted by atomic mass is 10.1. The zero-order chi connectivity index (χ0) is 25.4. The number of aliphatic hydroxyl groups excluding tert-OH is 1. The summed E-state index contributed by atoms with van der Waals surface area (Å²) in [5.41, 5.74) is 5.13. The van der Waals surface area contributed by atoms with Crippen LogP contribution in [0.5, 0.6) is 0 Å². The number of amides is 1. The van der Waals surface area contributed by atoms with Gasteiger partial charge < -0.3 is 25.0 Å². The zero-order valence-corrected chi connectivity index (χ0v) is 21.1. The van der Waals surface area contributed by atoms with Crippen molar-refractivity contribution < 1.29 is 14.6 Å². The van der Waals surface area contributed by atoms with Crippen molar-refractivity contribution in [2.75, 3.05) is 44.4 Å². The lowest BCUT2D eigenvalue weighted by Crippen LogP contribution is -2.36. The van der Waals surface area contributed by atoms with Crippen molar-refractivity contribution in [1.29, 1.82) is 0 Å². The van der Waals surface area contributed by atoms with E-state index in [0.717, 1.165) is 61.7 Å². The Balaban J connectivity index is 1.49. The number of pyridine rings is 1. The average Bonchev–Trinajstić information content (AvgIpc) is 3.55. The van der Waals surface area contributed by atoms with Gasteiger partial charge in [0.05, 0.1) is 30.0 Å². The molecule has 0 spiro atoms. The van der Waals surface area contributed by atoms with Gasteiger partial charge in [-0.25, -0.2) is 15.0 Å². The zero-order valence-electron chi connectivity index (χ0n) is 20.3. The number of hydrogen-bond acceptors (Lipinski definition) is 8. The highest BCUT2D eigenvalue weighted by molar-refractivity contribution is 7.23. The van der Waals surface area contributed by atoms with Gasteiger partial charge in [0.2, 0.25) is 0 Å². The molecule has 1 aromatic carbocycles. The molecule has 1 amide bonds. The van der Waals surface area contributed by atoms with Crippen LogP contribution in [0.4, 0.5) is 5.82 Å². The van der Waals surface area contributed by atoms with Gasteiger partial charge in [-0.15, -0.1) is 11.3 Å². The molecule has 0 bridgehead atoms. The van der Waals surface area contributed by atoms with E-state index in [1.165, 1.54) is 0 Å². The topological polar surface area (TPSA) is 116 Å². The molecule has 1 fully saturated rings. The number of rotatable bonds is 6. The summed E-state index contributed by atoms with van der Waals surface area (Å²) in [5.74, 6) is 1.32. The van der Waals surface area contributed by atoms with Crippen molar-refractivity contribution in [1.82, 2.24) is 25.3 Å². The number of hydrogen-bond donors (Lipinski definition) is 3. The molecule has 9 nitrogen and oxygen atoms in total. The molecule has 0 unspecified atom stereocenters. The fourth-order valence-corrected chi connectivity index (χ4v) is 5.86. The lowest BCUT2D eigenvalue weighted by molar-refractivity contribution is 0.0945. The minimum Gasteiger partial charge on any atom is -0.395 e. The normalized spacial score (nSPS) is 13.9. The number of ether oxygens (including phenoxy) is 1. The van der Waals surface area contributed by atoms with Gasteiger partial charge in [0.15, 0.2) is 11.6 Å². The Hall–Kier alpha value is -3.86. The molecule has 0 atom stereocenters. The number of anilines is 1. The number of nitrogens with one attached hydrogen (secondary N) is 2. The molecule has 6 rings (SSSR count). The van der Waals surface area contributed by atoms with E-state index in [1.807, 2.05) is 30.5 Å². The average molecular weight is 515 g/mol. The second kappa shape index (κ2) is 9.89. The van der Waals surface area contributed by atoms with E-state index in [4.69, 9.17) is 19.8 Å². The van der Waals surface area contributed by atoms with Crippen molar-refractivity contribution in [3.63, 3.8) is 0 Å². The highest BCUT2D eigenvalue weighted by atomic mass is 32.1. The third-order valence-corrected chi connectivity index (χ3v) is 7.83. The minimum absolute atomic E-state index is 0.0985. The van der Waals surface area contributed by atoms with Gasteiger partial charge in [-0.2, -0.15) is 0 Å². The number of benzene rings is 1. The SMILES string of the molecule is Cc1c(-c2cccc(C(=O)NCCO)c2)sc2c(N3CCOCC3)nc(-c3cnc4[nH]ccc4c3)nc12. The van der Waals surface area contributed by atoms with Crippen molar-refractivity contribution in [3.05, 3.63) is 59.9 Å². The van der Waals surface area contributed by atoms with Gasteiger partial charge in [0.1, 0.15) is 5.65 Å². The van der Waals surface area contributed by atoms with E-state index < -0.39 is 0 Å². The molecule has 5 heterocycles. The first-order chi connectivity index (χ1) is 18.1. The Bertz CT molecular complexity index is 1600. The van der Waals surface area contributed by atoms with E-state index in [9.17, 15) is 4.79 Å². The smallest absolute Gasteiger partial charge is 0.251 e. The second-order valence-electron chi connectivity index (χ2n) is 8.90. The molecule has 1 aliphatic heterocycles. The minimum atomic E-state index is -0.210. The summed E-state index contributed by atoms with van der Waals surface area (Å²) in [4.78, 5) is 33.6. The Morgan fingerprint density at radius 3 is 2.89 bits per heavy atom. The molecule has 1 saturated heterocycles. The summed E-state index contributed by atoms with van der Waals surface area (Å²) in [7, 11) is 0. The van der Waals surface area contributed by atoms with Gasteiger partial charge in [0.25, 0.3) is 5.91 Å². The highest BCUT2D eigenvalue weighted by Crippen LogP contribution is 2.42. The van der Waals surface area contributed by atoms with E-state index >= 15 is 0 Å². The summed E-state index contributed by atoms with van der Waals surface area (Å²) in [6.45, 7) is 5.01. The monoisotopic (exact) mass is 514 g/mol. The Labute approximate surface area is 217 Å². The summed E-state index contributed by atoms with van der Waals surface area (Å²) in [5, 5.41) is 12.8. The molecule has 0 aliphatic carbocycles. The van der Waals surface area contributed by atoms with E-state index in [-0.39, 0.29) is 19.1 Å². The van der Waals surface area contributed by atoms with E-state index in [2.05, 4.69) is 33.2 Å². The van der Waals surface area contributed by atoms with Crippen LogP contribution in [0, 0.1) is 6.92 Å². The Kier molecular flexibility index (Phi) is 6.29. The van der Waals surface area contributed by atoms with Gasteiger partial charge in [-0.05, 0) is 42.3 Å². The van der Waals surface area contributed by atoms with E-state index in [1.54, 1.807) is 23.6 Å². The van der Waals surface area contributed by atoms with Crippen LogP contribution in [-0.4, -0.2) is 70.4 Å². The van der Waals surface area contributed by atoms with Crippen molar-refractivity contribution >= 4 is 44.3 Å². The quantitative estimate of drug-likeness (QED) is 0.316. The standard InChI is InChI=1S/C27H26N6O3S/c1-16-21-23(37-22(16)17-3-2-4-19(13-17)27(35)29-7-10-34)26(33-8-11-36-12-9-33)32-25(31-21)20-14-18-5-6-28-24(18)30-15-20/h2-6,13-15,34H,7-12H2,1H3,(H,28,30)(H,29,35). The molecule has 3 N–H and O–H groups in total. The fraction of sp³-hybridized carbons (Fsp3) is 0.259. The van der Waals surface area contributed by atoms with Gasteiger partial charge in [-0.1, -0.05) is 12.1 Å². The highest BCUT2D eigenvalue weighted by Gasteiger charge is 2.23. The maximum absolute atomic E-state index is 12.5. The van der Waals surface area contributed by atoms with Gasteiger partial charge in [0, 0.05) is 53.4 Å². The van der Waals surface area contributed by atoms with Crippen LogP contribution in [0.25, 0.3) is 43.1 Å². The molecule has 0 saturated carbocycles. The summed E-state index contributed by atoms with van der Waals surface area (Å²) < 4.78 is 6.62. The van der Waals surface area contributed by atoms with Crippen molar-refractivity contribution in [2.24, 2.45) is 0 Å². The van der Waals surface area contributed by atoms with Crippen LogP contribution in [0.1, 0.15) is 15.9 Å². The number of carbonyl (C=O) groups excluding carboxylic acids is 1. The predicted molar refractivity (Wildman–Crippen MR) is 145 cm³/mol. The molecule has 188 valence electrons. The summed E-state index contributed by atoms with van der Waals surface area (Å²) in [6, 6.07) is 11.6. The summed E-state index contributed by atoms with van der Waals surface area (Å²) >= 11 is 1.64. The van der Waals surface area contributed by atoms with Crippen molar-refractivity contribution in [2.45, 2.75) is 6.92 Å². The van der Waals surface area contributed by atoms with Crippen LogP contribution in [0.15, 0.2) is 48.8 Å². The number of carbonyl (C=O) groups is 1. The molecule has 37 heavy (non-hydrogen) atoms. The number of morpholine rings is 1. The number of H-pyrrole nitrogens is 1. The van der Waals surface area contributed by atoms with E-state index in [0.29, 0.717) is 24.6 Å². The fourth-order valence-electron chi connectivity index (χ4n) is 4.60. The van der Waals surface area contributed by atoms with Crippen LogP contribution in [0.2, 0.25) is 0 Å². The summed E-state index contributed by atoms with van der Waals surface area (Å²) in [6.07, 6.45) is 3.68. The van der Waals surface area contributed by atoms with Crippen LogP contribution < -0.4 is 10.2 Å². The number of aryl methyl sites for hydroxylation is 1. The van der Waals surface area contributed by atoms with Crippen molar-refractivity contribution in [3.8, 4) is 21.8 Å². The maximum Gasteiger partial charge on any atom is 0.251 e. The second-order valence-corrected chi connectivity index (χ2v) is 9.92. The molecule has 4 aromatic heterocycles. The number of aromatic amines is 1.